The molecule has 26 heavy (non-hydrogen) atoms. The van der Waals surface area contributed by atoms with Crippen molar-refractivity contribution in [1.82, 2.24) is 15.5 Å². The first kappa shape index (κ1) is 17.5. The predicted octanol–water partition coefficient (Wildman–Crippen LogP) is 0.187. The van der Waals surface area contributed by atoms with Crippen LogP contribution < -0.4 is 10.6 Å². The standard InChI is InChI=1S/C17H14FN3O5/c1-8(18)14(23)19-7-9-2-3-10-11(6-9)17(26)21(16(10)25)12-4-5-13(22)20-15(12)24/h2-3,6,12H,1,4-5,7H2,(H,19,23)(H,20,22,24). The minimum atomic E-state index is -1.14. The van der Waals surface area contributed by atoms with Crippen LogP contribution in [0.4, 0.5) is 4.39 Å². The summed E-state index contributed by atoms with van der Waals surface area (Å²) in [7, 11) is 0. The molecule has 8 nitrogen and oxygen atoms in total. The van der Waals surface area contributed by atoms with Crippen molar-refractivity contribution in [2.75, 3.05) is 0 Å². The van der Waals surface area contributed by atoms with Gasteiger partial charge in [0.25, 0.3) is 17.7 Å². The van der Waals surface area contributed by atoms with Gasteiger partial charge in [0, 0.05) is 13.0 Å². The molecule has 9 heteroatoms. The number of nitrogens with one attached hydrogen (secondary N) is 2. The summed E-state index contributed by atoms with van der Waals surface area (Å²) in [5.41, 5.74) is 0.694. The van der Waals surface area contributed by atoms with Gasteiger partial charge in [-0.15, -0.1) is 0 Å². The second-order valence-electron chi connectivity index (χ2n) is 5.91. The predicted molar refractivity (Wildman–Crippen MR) is 85.2 cm³/mol. The fourth-order valence-electron chi connectivity index (χ4n) is 2.91. The van der Waals surface area contributed by atoms with Crippen LogP contribution in [-0.2, 0) is 20.9 Å². The van der Waals surface area contributed by atoms with E-state index >= 15 is 0 Å². The quantitative estimate of drug-likeness (QED) is 0.589. The van der Waals surface area contributed by atoms with Gasteiger partial charge in [0.2, 0.25) is 11.8 Å². The van der Waals surface area contributed by atoms with Crippen molar-refractivity contribution in [3.05, 3.63) is 47.3 Å². The molecule has 1 fully saturated rings. The fourth-order valence-corrected chi connectivity index (χ4v) is 2.91. The van der Waals surface area contributed by atoms with Crippen molar-refractivity contribution in [1.29, 1.82) is 0 Å². The average Bonchev–Trinajstić information content (AvgIpc) is 2.84. The van der Waals surface area contributed by atoms with Gasteiger partial charge in [0.15, 0.2) is 5.83 Å². The number of hydrogen-bond donors (Lipinski definition) is 2. The number of halogens is 1. The Morgan fingerprint density at radius 3 is 2.58 bits per heavy atom. The lowest BCUT2D eigenvalue weighted by Crippen LogP contribution is -2.54. The van der Waals surface area contributed by atoms with E-state index in [2.05, 4.69) is 17.2 Å². The van der Waals surface area contributed by atoms with Crippen molar-refractivity contribution < 1.29 is 28.4 Å². The third-order valence-electron chi connectivity index (χ3n) is 4.20. The molecule has 0 aliphatic carbocycles. The Hall–Kier alpha value is -3.36. The number of carbonyl (C=O) groups is 5. The first-order valence-corrected chi connectivity index (χ1v) is 7.76. The Balaban J connectivity index is 1.81. The summed E-state index contributed by atoms with van der Waals surface area (Å²) < 4.78 is 12.7. The highest BCUT2D eigenvalue weighted by atomic mass is 19.1. The lowest BCUT2D eigenvalue weighted by atomic mass is 10.0. The molecule has 2 aliphatic rings. The van der Waals surface area contributed by atoms with Crippen LogP contribution in [0.1, 0.15) is 39.1 Å². The molecule has 2 aliphatic heterocycles. The highest BCUT2D eigenvalue weighted by molar-refractivity contribution is 6.23. The largest absolute Gasteiger partial charge is 0.346 e. The maximum atomic E-state index is 12.7. The van der Waals surface area contributed by atoms with Crippen molar-refractivity contribution >= 4 is 29.5 Å². The molecule has 1 saturated heterocycles. The zero-order valence-corrected chi connectivity index (χ0v) is 13.5. The molecule has 2 heterocycles. The normalized spacial score (nSPS) is 19.3. The summed E-state index contributed by atoms with van der Waals surface area (Å²) in [5.74, 6) is -4.52. The molecule has 134 valence electrons. The fraction of sp³-hybridized carbons (Fsp3) is 0.235. The van der Waals surface area contributed by atoms with Gasteiger partial charge in [0.1, 0.15) is 6.04 Å². The summed E-state index contributed by atoms with van der Waals surface area (Å²) in [5, 5.41) is 4.39. The van der Waals surface area contributed by atoms with Gasteiger partial charge in [-0.1, -0.05) is 12.6 Å². The van der Waals surface area contributed by atoms with Gasteiger partial charge in [-0.3, -0.25) is 34.2 Å². The summed E-state index contributed by atoms with van der Waals surface area (Å²) in [6, 6.07) is 3.29. The van der Waals surface area contributed by atoms with Gasteiger partial charge in [-0.25, -0.2) is 4.39 Å². The van der Waals surface area contributed by atoms with E-state index in [-0.39, 0.29) is 30.5 Å². The second-order valence-corrected chi connectivity index (χ2v) is 5.91. The zero-order chi connectivity index (χ0) is 19.0. The molecule has 1 aromatic carbocycles. The SMILES string of the molecule is C=C(F)C(=O)NCc1ccc2c(c1)C(=O)N(C1CCC(=O)NC1=O)C2=O. The molecule has 1 atom stereocenters. The number of amides is 5. The van der Waals surface area contributed by atoms with E-state index < -0.39 is 41.4 Å². The number of benzene rings is 1. The number of nitrogens with zero attached hydrogens (tertiary/aromatic N) is 1. The Morgan fingerprint density at radius 1 is 1.23 bits per heavy atom. The highest BCUT2D eigenvalue weighted by Gasteiger charge is 2.44. The van der Waals surface area contributed by atoms with Crippen molar-refractivity contribution in [3.63, 3.8) is 0 Å². The first-order valence-electron chi connectivity index (χ1n) is 7.76. The van der Waals surface area contributed by atoms with E-state index in [0.717, 1.165) is 4.90 Å². The molecular formula is C17H14FN3O5. The minimum absolute atomic E-state index is 0.0359. The molecule has 2 N–H and O–H groups in total. The Labute approximate surface area is 147 Å². The highest BCUT2D eigenvalue weighted by Crippen LogP contribution is 2.28. The van der Waals surface area contributed by atoms with Crippen LogP contribution in [0.3, 0.4) is 0 Å². The molecule has 3 rings (SSSR count). The van der Waals surface area contributed by atoms with Crippen LogP contribution in [-0.4, -0.2) is 40.5 Å². The number of hydrogen-bond acceptors (Lipinski definition) is 5. The number of carbonyl (C=O) groups excluding carboxylic acids is 5. The van der Waals surface area contributed by atoms with Gasteiger partial charge in [-0.05, 0) is 24.1 Å². The van der Waals surface area contributed by atoms with Gasteiger partial charge < -0.3 is 5.32 Å². The zero-order valence-electron chi connectivity index (χ0n) is 13.5. The topological polar surface area (TPSA) is 113 Å². The molecule has 0 radical (unpaired) electrons. The van der Waals surface area contributed by atoms with Crippen LogP contribution >= 0.6 is 0 Å². The van der Waals surface area contributed by atoms with E-state index in [1.807, 2.05) is 0 Å². The Morgan fingerprint density at radius 2 is 1.92 bits per heavy atom. The number of imide groups is 2. The smallest absolute Gasteiger partial charge is 0.279 e. The summed E-state index contributed by atoms with van der Waals surface area (Å²) in [6.45, 7) is 2.81. The Kier molecular flexibility index (Phi) is 4.37. The molecule has 0 spiro atoms. The van der Waals surface area contributed by atoms with Crippen molar-refractivity contribution in [3.8, 4) is 0 Å². The molecule has 1 unspecified atom stereocenters. The number of rotatable bonds is 4. The van der Waals surface area contributed by atoms with E-state index in [1.54, 1.807) is 0 Å². The third-order valence-corrected chi connectivity index (χ3v) is 4.20. The summed E-state index contributed by atoms with van der Waals surface area (Å²) in [4.78, 5) is 60.4. The molecule has 1 aromatic rings. The molecular weight excluding hydrogens is 345 g/mol. The molecule has 5 amide bonds. The summed E-state index contributed by atoms with van der Waals surface area (Å²) in [6.07, 6.45) is 0.103. The van der Waals surface area contributed by atoms with Crippen molar-refractivity contribution in [2.45, 2.75) is 25.4 Å². The molecule has 0 saturated carbocycles. The molecule has 0 bridgehead atoms. The maximum Gasteiger partial charge on any atom is 0.279 e. The van der Waals surface area contributed by atoms with Crippen LogP contribution in [0, 0.1) is 0 Å². The van der Waals surface area contributed by atoms with Gasteiger partial charge in [-0.2, -0.15) is 0 Å². The Bertz CT molecular complexity index is 879. The van der Waals surface area contributed by atoms with E-state index in [9.17, 15) is 28.4 Å². The van der Waals surface area contributed by atoms with E-state index in [1.165, 1.54) is 18.2 Å². The van der Waals surface area contributed by atoms with E-state index in [0.29, 0.717) is 5.56 Å². The maximum absolute atomic E-state index is 12.7. The second kappa shape index (κ2) is 6.51. The summed E-state index contributed by atoms with van der Waals surface area (Å²) >= 11 is 0. The van der Waals surface area contributed by atoms with E-state index in [4.69, 9.17) is 0 Å². The third kappa shape index (κ3) is 2.99. The molecule has 0 aromatic heterocycles. The van der Waals surface area contributed by atoms with Crippen LogP contribution in [0.5, 0.6) is 0 Å². The monoisotopic (exact) mass is 359 g/mol. The van der Waals surface area contributed by atoms with Crippen LogP contribution in [0.25, 0.3) is 0 Å². The minimum Gasteiger partial charge on any atom is -0.346 e. The van der Waals surface area contributed by atoms with Crippen molar-refractivity contribution in [2.24, 2.45) is 0 Å². The first-order chi connectivity index (χ1) is 12.3. The number of fused-ring (bicyclic) bond motifs is 1. The average molecular weight is 359 g/mol. The van der Waals surface area contributed by atoms with Crippen LogP contribution in [0.15, 0.2) is 30.6 Å². The number of piperidine rings is 1. The van der Waals surface area contributed by atoms with Gasteiger partial charge in [0.05, 0.1) is 11.1 Å². The lowest BCUT2D eigenvalue weighted by molar-refractivity contribution is -0.136. The lowest BCUT2D eigenvalue weighted by Gasteiger charge is -2.27. The van der Waals surface area contributed by atoms with Crippen LogP contribution in [0.2, 0.25) is 0 Å². The van der Waals surface area contributed by atoms with Gasteiger partial charge >= 0.3 is 0 Å².